The minimum atomic E-state index is 0.216. The van der Waals surface area contributed by atoms with E-state index in [9.17, 15) is 0 Å². The van der Waals surface area contributed by atoms with Crippen LogP contribution in [-0.2, 0) is 11.2 Å². The van der Waals surface area contributed by atoms with Gasteiger partial charge >= 0.3 is 0 Å². The van der Waals surface area contributed by atoms with E-state index >= 15 is 0 Å². The normalized spacial score (nSPS) is 25.7. The molecule has 0 saturated carbocycles. The highest BCUT2D eigenvalue weighted by Gasteiger charge is 2.28. The van der Waals surface area contributed by atoms with E-state index in [0.717, 1.165) is 19.4 Å². The van der Waals surface area contributed by atoms with Gasteiger partial charge < -0.3 is 4.74 Å². The first-order valence-corrected chi connectivity index (χ1v) is 6.15. The average molecular weight is 225 g/mol. The van der Waals surface area contributed by atoms with Crippen LogP contribution in [0.2, 0.25) is 0 Å². The van der Waals surface area contributed by atoms with E-state index in [-0.39, 0.29) is 6.10 Å². The number of alkyl halides is 1. The first kappa shape index (κ1) is 11.0. The summed E-state index contributed by atoms with van der Waals surface area (Å²) in [7, 11) is 0. The standard InChI is InChI=1S/C13H17ClO/c1-2-10-3-5-11(6-4-10)13-12(9-14)7-8-15-13/h3-6,12-13H,2,7-9H2,1H3. The van der Waals surface area contributed by atoms with E-state index in [1.54, 1.807) is 0 Å². The molecular formula is C13H17ClO. The minimum Gasteiger partial charge on any atom is -0.373 e. The van der Waals surface area contributed by atoms with Crippen LogP contribution in [0.5, 0.6) is 0 Å². The van der Waals surface area contributed by atoms with Crippen LogP contribution in [0.25, 0.3) is 0 Å². The number of hydrogen-bond donors (Lipinski definition) is 0. The van der Waals surface area contributed by atoms with E-state index in [1.807, 2.05) is 0 Å². The van der Waals surface area contributed by atoms with Gasteiger partial charge in [0.15, 0.2) is 0 Å². The molecule has 1 fully saturated rings. The first-order valence-electron chi connectivity index (χ1n) is 5.61. The first-order chi connectivity index (χ1) is 7.35. The molecule has 2 rings (SSSR count). The van der Waals surface area contributed by atoms with Crippen LogP contribution in [0.15, 0.2) is 24.3 Å². The summed E-state index contributed by atoms with van der Waals surface area (Å²) in [6.45, 7) is 3.01. The molecule has 0 N–H and O–H groups in total. The van der Waals surface area contributed by atoms with Gasteiger partial charge in [0.25, 0.3) is 0 Å². The summed E-state index contributed by atoms with van der Waals surface area (Å²) in [4.78, 5) is 0. The van der Waals surface area contributed by atoms with Crippen LogP contribution < -0.4 is 0 Å². The van der Waals surface area contributed by atoms with Crippen molar-refractivity contribution >= 4 is 11.6 Å². The fraction of sp³-hybridized carbons (Fsp3) is 0.538. The molecule has 1 saturated heterocycles. The Morgan fingerprint density at radius 2 is 2.07 bits per heavy atom. The van der Waals surface area contributed by atoms with E-state index in [4.69, 9.17) is 16.3 Å². The Morgan fingerprint density at radius 1 is 1.33 bits per heavy atom. The fourth-order valence-corrected chi connectivity index (χ4v) is 2.42. The average Bonchev–Trinajstić information content (AvgIpc) is 2.77. The predicted molar refractivity (Wildman–Crippen MR) is 63.3 cm³/mol. The smallest absolute Gasteiger partial charge is 0.0865 e. The lowest BCUT2D eigenvalue weighted by molar-refractivity contribution is 0.0951. The summed E-state index contributed by atoms with van der Waals surface area (Å²) >= 11 is 5.93. The van der Waals surface area contributed by atoms with E-state index in [2.05, 4.69) is 31.2 Å². The molecule has 82 valence electrons. The molecule has 0 radical (unpaired) electrons. The van der Waals surface area contributed by atoms with Crippen molar-refractivity contribution in [3.05, 3.63) is 35.4 Å². The molecule has 1 aromatic rings. The molecular weight excluding hydrogens is 208 g/mol. The highest BCUT2D eigenvalue weighted by atomic mass is 35.5. The zero-order valence-electron chi connectivity index (χ0n) is 9.08. The fourth-order valence-electron chi connectivity index (χ4n) is 2.10. The second-order valence-electron chi connectivity index (χ2n) is 4.09. The molecule has 2 heteroatoms. The van der Waals surface area contributed by atoms with Crippen molar-refractivity contribution in [2.45, 2.75) is 25.9 Å². The summed E-state index contributed by atoms with van der Waals surface area (Å²) in [6.07, 6.45) is 2.39. The molecule has 1 nitrogen and oxygen atoms in total. The van der Waals surface area contributed by atoms with Gasteiger partial charge in [-0.15, -0.1) is 11.6 Å². The van der Waals surface area contributed by atoms with Crippen molar-refractivity contribution in [2.24, 2.45) is 5.92 Å². The molecule has 2 atom stereocenters. The number of halogens is 1. The Labute approximate surface area is 96.4 Å². The monoisotopic (exact) mass is 224 g/mol. The number of benzene rings is 1. The van der Waals surface area contributed by atoms with Gasteiger partial charge in [-0.1, -0.05) is 31.2 Å². The number of hydrogen-bond acceptors (Lipinski definition) is 1. The van der Waals surface area contributed by atoms with Gasteiger partial charge in [-0.3, -0.25) is 0 Å². The van der Waals surface area contributed by atoms with Gasteiger partial charge in [0.1, 0.15) is 0 Å². The summed E-state index contributed by atoms with van der Waals surface area (Å²) in [5.41, 5.74) is 2.65. The third kappa shape index (κ3) is 2.35. The van der Waals surface area contributed by atoms with Gasteiger partial charge in [-0.25, -0.2) is 0 Å². The van der Waals surface area contributed by atoms with E-state index in [0.29, 0.717) is 11.8 Å². The van der Waals surface area contributed by atoms with Crippen molar-refractivity contribution in [2.75, 3.05) is 12.5 Å². The van der Waals surface area contributed by atoms with E-state index in [1.165, 1.54) is 11.1 Å². The maximum Gasteiger partial charge on any atom is 0.0865 e. The molecule has 1 heterocycles. The Kier molecular flexibility index (Phi) is 3.66. The van der Waals surface area contributed by atoms with E-state index < -0.39 is 0 Å². The third-order valence-corrected chi connectivity index (χ3v) is 3.53. The van der Waals surface area contributed by atoms with Gasteiger partial charge in [0.2, 0.25) is 0 Å². The molecule has 0 spiro atoms. The van der Waals surface area contributed by atoms with Crippen LogP contribution in [0.3, 0.4) is 0 Å². The molecule has 15 heavy (non-hydrogen) atoms. The highest BCUT2D eigenvalue weighted by molar-refractivity contribution is 6.18. The predicted octanol–water partition coefficient (Wildman–Crippen LogP) is 3.57. The second kappa shape index (κ2) is 5.00. The van der Waals surface area contributed by atoms with Crippen molar-refractivity contribution in [1.29, 1.82) is 0 Å². The number of ether oxygens (including phenoxy) is 1. The largest absolute Gasteiger partial charge is 0.373 e. The Bertz CT molecular complexity index is 307. The molecule has 0 amide bonds. The van der Waals surface area contributed by atoms with Crippen LogP contribution >= 0.6 is 11.6 Å². The Balaban J connectivity index is 2.14. The summed E-state index contributed by atoms with van der Waals surface area (Å²) in [5.74, 6) is 1.18. The molecule has 2 unspecified atom stereocenters. The maximum atomic E-state index is 5.93. The minimum absolute atomic E-state index is 0.216. The summed E-state index contributed by atoms with van der Waals surface area (Å²) in [5, 5.41) is 0. The van der Waals surface area contributed by atoms with Crippen LogP contribution in [-0.4, -0.2) is 12.5 Å². The topological polar surface area (TPSA) is 9.23 Å². The van der Waals surface area contributed by atoms with Crippen molar-refractivity contribution < 1.29 is 4.74 Å². The molecule has 0 aromatic heterocycles. The Hall–Kier alpha value is -0.530. The zero-order chi connectivity index (χ0) is 10.7. The molecule has 1 aliphatic rings. The Morgan fingerprint density at radius 3 is 2.67 bits per heavy atom. The van der Waals surface area contributed by atoms with Crippen LogP contribution in [0, 0.1) is 5.92 Å². The molecule has 0 aliphatic carbocycles. The van der Waals surface area contributed by atoms with Crippen molar-refractivity contribution in [1.82, 2.24) is 0 Å². The van der Waals surface area contributed by atoms with Gasteiger partial charge in [-0.05, 0) is 24.0 Å². The third-order valence-electron chi connectivity index (χ3n) is 3.13. The lowest BCUT2D eigenvalue weighted by Crippen LogP contribution is -2.08. The molecule has 1 aliphatic heterocycles. The van der Waals surface area contributed by atoms with Crippen molar-refractivity contribution in [3.8, 4) is 0 Å². The highest BCUT2D eigenvalue weighted by Crippen LogP contribution is 2.35. The molecule has 1 aromatic carbocycles. The summed E-state index contributed by atoms with van der Waals surface area (Å²) in [6, 6.07) is 8.72. The van der Waals surface area contributed by atoms with Crippen LogP contribution in [0.1, 0.15) is 30.6 Å². The SMILES string of the molecule is CCc1ccc(C2OCCC2CCl)cc1. The quantitative estimate of drug-likeness (QED) is 0.714. The maximum absolute atomic E-state index is 5.93. The number of rotatable bonds is 3. The van der Waals surface area contributed by atoms with Gasteiger partial charge in [0, 0.05) is 18.4 Å². The summed E-state index contributed by atoms with van der Waals surface area (Å²) < 4.78 is 5.73. The van der Waals surface area contributed by atoms with Gasteiger partial charge in [0.05, 0.1) is 6.10 Å². The second-order valence-corrected chi connectivity index (χ2v) is 4.40. The molecule has 0 bridgehead atoms. The van der Waals surface area contributed by atoms with Crippen LogP contribution in [0.4, 0.5) is 0 Å². The van der Waals surface area contributed by atoms with Gasteiger partial charge in [-0.2, -0.15) is 0 Å². The number of aryl methyl sites for hydroxylation is 1. The lowest BCUT2D eigenvalue weighted by atomic mass is 9.96. The van der Waals surface area contributed by atoms with Crippen molar-refractivity contribution in [3.63, 3.8) is 0 Å². The zero-order valence-corrected chi connectivity index (χ0v) is 9.83. The lowest BCUT2D eigenvalue weighted by Gasteiger charge is -2.16.